The Hall–Kier alpha value is -1.93. The van der Waals surface area contributed by atoms with Crippen LogP contribution in [-0.4, -0.2) is 24.5 Å². The van der Waals surface area contributed by atoms with Crippen molar-refractivity contribution in [1.82, 2.24) is 15.5 Å². The summed E-state index contributed by atoms with van der Waals surface area (Å²) >= 11 is 5.94. The average molecular weight is 344 g/mol. The lowest BCUT2D eigenvalue weighted by atomic mass is 10.2. The number of amides is 1. The van der Waals surface area contributed by atoms with Gasteiger partial charge in [0.1, 0.15) is 0 Å². The number of rotatable bonds is 6. The Kier molecular flexibility index (Phi) is 5.15. The van der Waals surface area contributed by atoms with E-state index in [4.69, 9.17) is 16.0 Å². The van der Waals surface area contributed by atoms with Gasteiger partial charge in [-0.2, -0.15) is 0 Å². The number of sulfone groups is 1. The molecular formula is C13H14ClN3O4S. The summed E-state index contributed by atoms with van der Waals surface area (Å²) in [6.07, 6.45) is 0.311. The van der Waals surface area contributed by atoms with Gasteiger partial charge in [-0.15, -0.1) is 5.10 Å². The monoisotopic (exact) mass is 343 g/mol. The number of hydrogen-bond acceptors (Lipinski definition) is 6. The van der Waals surface area contributed by atoms with E-state index < -0.39 is 15.1 Å². The molecule has 22 heavy (non-hydrogen) atoms. The molecule has 0 aliphatic rings. The van der Waals surface area contributed by atoms with Gasteiger partial charge in [-0.3, -0.25) is 4.79 Å². The molecule has 1 aromatic heterocycles. The van der Waals surface area contributed by atoms with E-state index in [1.54, 1.807) is 31.2 Å². The molecule has 0 saturated carbocycles. The van der Waals surface area contributed by atoms with E-state index >= 15 is 0 Å². The van der Waals surface area contributed by atoms with Gasteiger partial charge in [0, 0.05) is 11.4 Å². The van der Waals surface area contributed by atoms with Crippen molar-refractivity contribution >= 4 is 27.3 Å². The fourth-order valence-corrected chi connectivity index (χ4v) is 3.07. The number of hydrogen-bond donors (Lipinski definition) is 1. The zero-order valence-corrected chi connectivity index (χ0v) is 13.3. The highest BCUT2D eigenvalue weighted by Gasteiger charge is 2.24. The van der Waals surface area contributed by atoms with Crippen LogP contribution >= 0.6 is 11.6 Å². The molecule has 0 saturated heterocycles. The number of aromatic nitrogens is 2. The van der Waals surface area contributed by atoms with Crippen LogP contribution in [0.4, 0.5) is 0 Å². The van der Waals surface area contributed by atoms with E-state index in [1.165, 1.54) is 0 Å². The van der Waals surface area contributed by atoms with Crippen LogP contribution in [0.1, 0.15) is 24.8 Å². The lowest BCUT2D eigenvalue weighted by Crippen LogP contribution is -2.21. The topological polar surface area (TPSA) is 102 Å². The summed E-state index contributed by atoms with van der Waals surface area (Å²) < 4.78 is 29.5. The Bertz CT molecular complexity index is 773. The summed E-state index contributed by atoms with van der Waals surface area (Å²) in [6.45, 7) is 1.68. The quantitative estimate of drug-likeness (QED) is 0.856. The summed E-state index contributed by atoms with van der Waals surface area (Å²) in [4.78, 5) is 11.1. The molecule has 0 unspecified atom stereocenters. The molecule has 1 aromatic carbocycles. The highest BCUT2D eigenvalue weighted by atomic mass is 35.5. The Morgan fingerprint density at radius 2 is 2.05 bits per heavy atom. The van der Waals surface area contributed by atoms with E-state index in [1.807, 2.05) is 0 Å². The molecule has 0 aliphatic heterocycles. The predicted octanol–water partition coefficient (Wildman–Crippen LogP) is 1.72. The maximum absolute atomic E-state index is 12.2. The number of carbonyl (C=O) groups excluding carboxylic acids is 1. The number of carbonyl (C=O) groups is 1. The van der Waals surface area contributed by atoms with Crippen LogP contribution < -0.4 is 5.32 Å². The Labute approximate surface area is 132 Å². The van der Waals surface area contributed by atoms with Crippen molar-refractivity contribution in [3.63, 3.8) is 0 Å². The van der Waals surface area contributed by atoms with Gasteiger partial charge < -0.3 is 9.73 Å². The molecule has 0 aliphatic carbocycles. The number of halogens is 1. The zero-order chi connectivity index (χ0) is 16.2. The van der Waals surface area contributed by atoms with Gasteiger partial charge in [0.15, 0.2) is 0 Å². The van der Waals surface area contributed by atoms with Crippen molar-refractivity contribution in [3.8, 4) is 0 Å². The zero-order valence-electron chi connectivity index (χ0n) is 11.7. The lowest BCUT2D eigenvalue weighted by molar-refractivity contribution is -0.121. The van der Waals surface area contributed by atoms with E-state index in [2.05, 4.69) is 15.5 Å². The largest absolute Gasteiger partial charge is 0.411 e. The molecule has 0 fully saturated rings. The van der Waals surface area contributed by atoms with Gasteiger partial charge in [0.25, 0.3) is 0 Å². The molecule has 1 heterocycles. The van der Waals surface area contributed by atoms with Crippen molar-refractivity contribution in [3.05, 3.63) is 40.7 Å². The molecule has 0 atom stereocenters. The molecule has 2 aromatic rings. The molecule has 7 nitrogen and oxygen atoms in total. The first kappa shape index (κ1) is 16.4. The first-order chi connectivity index (χ1) is 10.4. The predicted molar refractivity (Wildman–Crippen MR) is 78.8 cm³/mol. The fraction of sp³-hybridized carbons (Fsp3) is 0.308. The molecule has 1 amide bonds. The van der Waals surface area contributed by atoms with Gasteiger partial charge in [0.05, 0.1) is 12.3 Å². The average Bonchev–Trinajstić information content (AvgIpc) is 2.97. The molecule has 118 valence electrons. The third-order valence-electron chi connectivity index (χ3n) is 2.78. The van der Waals surface area contributed by atoms with Gasteiger partial charge >= 0.3 is 5.22 Å². The van der Waals surface area contributed by atoms with E-state index in [-0.39, 0.29) is 24.1 Å². The maximum Gasteiger partial charge on any atom is 0.335 e. The van der Waals surface area contributed by atoms with Crippen LogP contribution in [0.5, 0.6) is 0 Å². The molecule has 0 bridgehead atoms. The number of benzene rings is 1. The summed E-state index contributed by atoms with van der Waals surface area (Å²) in [5.74, 6) is -0.506. The van der Waals surface area contributed by atoms with Crippen molar-refractivity contribution in [2.24, 2.45) is 0 Å². The normalized spacial score (nSPS) is 11.4. The molecule has 2 rings (SSSR count). The van der Waals surface area contributed by atoms with Crippen LogP contribution in [0.3, 0.4) is 0 Å². The van der Waals surface area contributed by atoms with Crippen molar-refractivity contribution < 1.29 is 17.6 Å². The van der Waals surface area contributed by atoms with E-state index in [0.29, 0.717) is 17.0 Å². The second-order valence-corrected chi connectivity index (χ2v) is 6.72. The highest BCUT2D eigenvalue weighted by Crippen LogP contribution is 2.21. The van der Waals surface area contributed by atoms with Crippen molar-refractivity contribution in [2.45, 2.75) is 30.9 Å². The van der Waals surface area contributed by atoms with Gasteiger partial charge in [-0.05, 0) is 11.6 Å². The second kappa shape index (κ2) is 6.89. The number of nitrogens with one attached hydrogen (secondary N) is 1. The lowest BCUT2D eigenvalue weighted by Gasteiger charge is -2.02. The molecular weight excluding hydrogens is 330 g/mol. The van der Waals surface area contributed by atoms with Gasteiger partial charge in [0.2, 0.25) is 21.6 Å². The summed E-state index contributed by atoms with van der Waals surface area (Å²) in [5, 5.41) is 9.50. The Balaban J connectivity index is 2.12. The minimum Gasteiger partial charge on any atom is -0.411 e. The molecule has 9 heteroatoms. The van der Waals surface area contributed by atoms with Gasteiger partial charge in [-0.25, -0.2) is 8.42 Å². The minimum atomic E-state index is -3.80. The standard InChI is InChI=1S/C13H14ClN3O4S/c1-2-11(18)15-7-12-16-17-13(21-12)22(19,20)8-9-5-3-4-6-10(9)14/h3-6H,2,7-8H2,1H3,(H,15,18). The first-order valence-electron chi connectivity index (χ1n) is 6.47. The van der Waals surface area contributed by atoms with Crippen molar-refractivity contribution in [2.75, 3.05) is 0 Å². The second-order valence-electron chi connectivity index (χ2n) is 4.44. The summed E-state index contributed by atoms with van der Waals surface area (Å²) in [5.41, 5.74) is 0.447. The smallest absolute Gasteiger partial charge is 0.335 e. The summed E-state index contributed by atoms with van der Waals surface area (Å²) in [7, 11) is -3.80. The van der Waals surface area contributed by atoms with Crippen LogP contribution in [-0.2, 0) is 26.9 Å². The number of nitrogens with zero attached hydrogens (tertiary/aromatic N) is 2. The van der Waals surface area contributed by atoms with E-state index in [0.717, 1.165) is 0 Å². The van der Waals surface area contributed by atoms with Gasteiger partial charge in [-0.1, -0.05) is 41.8 Å². The van der Waals surface area contributed by atoms with Crippen LogP contribution in [0.2, 0.25) is 5.02 Å². The van der Waals surface area contributed by atoms with E-state index in [9.17, 15) is 13.2 Å². The third kappa shape index (κ3) is 4.05. The maximum atomic E-state index is 12.2. The highest BCUT2D eigenvalue weighted by molar-refractivity contribution is 7.90. The van der Waals surface area contributed by atoms with Crippen LogP contribution in [0.15, 0.2) is 33.9 Å². The van der Waals surface area contributed by atoms with Crippen molar-refractivity contribution in [1.29, 1.82) is 0 Å². The summed E-state index contributed by atoms with van der Waals surface area (Å²) in [6, 6.07) is 6.61. The molecule has 0 spiro atoms. The Morgan fingerprint density at radius 1 is 1.32 bits per heavy atom. The molecule has 1 N–H and O–H groups in total. The van der Waals surface area contributed by atoms with Crippen LogP contribution in [0, 0.1) is 0 Å². The SMILES string of the molecule is CCC(=O)NCc1nnc(S(=O)(=O)Cc2ccccc2Cl)o1. The third-order valence-corrected chi connectivity index (χ3v) is 4.53. The van der Waals surface area contributed by atoms with Crippen LogP contribution in [0.25, 0.3) is 0 Å². The Morgan fingerprint density at radius 3 is 2.73 bits per heavy atom. The molecule has 0 radical (unpaired) electrons. The minimum absolute atomic E-state index is 0.0126. The fourth-order valence-electron chi connectivity index (χ4n) is 1.62. The first-order valence-corrected chi connectivity index (χ1v) is 8.50.